The van der Waals surface area contributed by atoms with E-state index in [1.807, 2.05) is 6.92 Å². The van der Waals surface area contributed by atoms with Crippen molar-refractivity contribution in [2.45, 2.75) is 13.5 Å². The first-order valence-corrected chi connectivity index (χ1v) is 7.02. The molecule has 1 aromatic heterocycles. The summed E-state index contributed by atoms with van der Waals surface area (Å²) in [4.78, 5) is 5.27. The van der Waals surface area contributed by atoms with Crippen molar-refractivity contribution in [1.29, 1.82) is 0 Å². The summed E-state index contributed by atoms with van der Waals surface area (Å²) in [5.74, 6) is 0.658. The summed E-state index contributed by atoms with van der Waals surface area (Å²) < 4.78 is 5.62. The van der Waals surface area contributed by atoms with Crippen LogP contribution in [0.5, 0.6) is 5.75 Å². The molecule has 6 heteroatoms. The second-order valence-corrected chi connectivity index (χ2v) is 5.54. The van der Waals surface area contributed by atoms with E-state index in [1.165, 1.54) is 0 Å². The Morgan fingerprint density at radius 2 is 2.00 bits per heavy atom. The molecule has 0 aliphatic carbocycles. The van der Waals surface area contributed by atoms with Gasteiger partial charge in [-0.2, -0.15) is 0 Å². The molecule has 0 aliphatic rings. The van der Waals surface area contributed by atoms with E-state index < -0.39 is 0 Å². The van der Waals surface area contributed by atoms with Crippen LogP contribution in [0, 0.1) is 0 Å². The maximum Gasteiger partial charge on any atom is 0.182 e. The number of hydrogen-bond donors (Lipinski definition) is 1. The van der Waals surface area contributed by atoms with Crippen molar-refractivity contribution < 1.29 is 4.74 Å². The predicted octanol–water partition coefficient (Wildman–Crippen LogP) is 4.46. The fourth-order valence-corrected chi connectivity index (χ4v) is 2.67. The largest absolute Gasteiger partial charge is 0.488 e. The van der Waals surface area contributed by atoms with Gasteiger partial charge in [-0.05, 0) is 25.1 Å². The number of rotatable bonds is 5. The van der Waals surface area contributed by atoms with Crippen molar-refractivity contribution in [3.05, 3.63) is 39.3 Å². The maximum absolute atomic E-state index is 5.89. The zero-order valence-electron chi connectivity index (χ0n) is 9.74. The first-order valence-electron chi connectivity index (χ1n) is 5.45. The van der Waals surface area contributed by atoms with Gasteiger partial charge in [0.2, 0.25) is 0 Å². The van der Waals surface area contributed by atoms with Crippen molar-refractivity contribution in [3.8, 4) is 5.75 Å². The van der Waals surface area contributed by atoms with Crippen LogP contribution in [-0.4, -0.2) is 11.5 Å². The van der Waals surface area contributed by atoms with Gasteiger partial charge in [-0.3, -0.25) is 0 Å². The third-order valence-corrected chi connectivity index (χ3v) is 3.46. The van der Waals surface area contributed by atoms with Crippen LogP contribution in [-0.2, 0) is 6.61 Å². The molecule has 1 N–H and O–H groups in total. The minimum Gasteiger partial charge on any atom is -0.488 e. The molecule has 0 atom stereocenters. The maximum atomic E-state index is 5.89. The molecule has 96 valence electrons. The molecule has 0 spiro atoms. The van der Waals surface area contributed by atoms with E-state index in [1.54, 1.807) is 35.7 Å². The highest BCUT2D eigenvalue weighted by molar-refractivity contribution is 7.15. The lowest BCUT2D eigenvalue weighted by Gasteiger charge is -2.05. The van der Waals surface area contributed by atoms with Gasteiger partial charge in [0.05, 0.1) is 4.88 Å². The van der Waals surface area contributed by atoms with Crippen LogP contribution in [0.4, 0.5) is 5.13 Å². The van der Waals surface area contributed by atoms with Crippen LogP contribution >= 0.6 is 34.5 Å². The molecule has 0 saturated carbocycles. The molecule has 0 radical (unpaired) electrons. The molecule has 0 fully saturated rings. The van der Waals surface area contributed by atoms with Crippen molar-refractivity contribution >= 4 is 39.7 Å². The molecule has 2 rings (SSSR count). The van der Waals surface area contributed by atoms with E-state index >= 15 is 0 Å². The third kappa shape index (κ3) is 3.77. The predicted molar refractivity (Wildman–Crippen MR) is 77.1 cm³/mol. The van der Waals surface area contributed by atoms with Gasteiger partial charge in [0.25, 0.3) is 0 Å². The SMILES string of the molecule is CCNc1ncc(COc2cc(Cl)cc(Cl)c2)s1. The number of aromatic nitrogens is 1. The fourth-order valence-electron chi connectivity index (χ4n) is 1.37. The molecular formula is C12H12Cl2N2OS. The number of benzene rings is 1. The fraction of sp³-hybridized carbons (Fsp3) is 0.250. The molecule has 2 aromatic rings. The van der Waals surface area contributed by atoms with Crippen molar-refractivity contribution in [3.63, 3.8) is 0 Å². The quantitative estimate of drug-likeness (QED) is 0.885. The van der Waals surface area contributed by atoms with Gasteiger partial charge in [0.1, 0.15) is 12.4 Å². The Morgan fingerprint density at radius 1 is 1.28 bits per heavy atom. The van der Waals surface area contributed by atoms with Crippen LogP contribution in [0.15, 0.2) is 24.4 Å². The molecule has 18 heavy (non-hydrogen) atoms. The lowest BCUT2D eigenvalue weighted by atomic mass is 10.3. The van der Waals surface area contributed by atoms with Gasteiger partial charge in [0, 0.05) is 22.8 Å². The second kappa shape index (κ2) is 6.27. The van der Waals surface area contributed by atoms with Crippen LogP contribution in [0.1, 0.15) is 11.8 Å². The van der Waals surface area contributed by atoms with E-state index in [2.05, 4.69) is 10.3 Å². The molecule has 1 aromatic carbocycles. The van der Waals surface area contributed by atoms with E-state index in [9.17, 15) is 0 Å². The molecule has 1 heterocycles. The molecule has 0 bridgehead atoms. The Hall–Kier alpha value is -0.970. The van der Waals surface area contributed by atoms with E-state index in [0.29, 0.717) is 22.4 Å². The monoisotopic (exact) mass is 302 g/mol. The summed E-state index contributed by atoms with van der Waals surface area (Å²) >= 11 is 13.4. The van der Waals surface area contributed by atoms with E-state index in [4.69, 9.17) is 27.9 Å². The summed E-state index contributed by atoms with van der Waals surface area (Å²) in [7, 11) is 0. The van der Waals surface area contributed by atoms with Gasteiger partial charge in [-0.15, -0.1) is 0 Å². The number of thiazole rings is 1. The highest BCUT2D eigenvalue weighted by atomic mass is 35.5. The van der Waals surface area contributed by atoms with Gasteiger partial charge in [-0.1, -0.05) is 34.5 Å². The first kappa shape index (κ1) is 13.5. The summed E-state index contributed by atoms with van der Waals surface area (Å²) in [6, 6.07) is 5.14. The summed E-state index contributed by atoms with van der Waals surface area (Å²) in [6.45, 7) is 3.35. The van der Waals surface area contributed by atoms with Crippen molar-refractivity contribution in [1.82, 2.24) is 4.98 Å². The van der Waals surface area contributed by atoms with Gasteiger partial charge in [-0.25, -0.2) is 4.98 Å². The highest BCUT2D eigenvalue weighted by Crippen LogP contribution is 2.26. The second-order valence-electron chi connectivity index (χ2n) is 3.56. The smallest absolute Gasteiger partial charge is 0.182 e. The van der Waals surface area contributed by atoms with Gasteiger partial charge < -0.3 is 10.1 Å². The summed E-state index contributed by atoms with van der Waals surface area (Å²) in [5, 5.41) is 5.19. The van der Waals surface area contributed by atoms with Crippen LogP contribution in [0.3, 0.4) is 0 Å². The molecule has 0 amide bonds. The average Bonchev–Trinajstić information content (AvgIpc) is 2.74. The minimum atomic E-state index is 0.458. The van der Waals surface area contributed by atoms with E-state index in [-0.39, 0.29) is 0 Å². The van der Waals surface area contributed by atoms with Crippen LogP contribution in [0.2, 0.25) is 10.0 Å². The first-order chi connectivity index (χ1) is 8.67. The lowest BCUT2D eigenvalue weighted by molar-refractivity contribution is 0.309. The van der Waals surface area contributed by atoms with Crippen LogP contribution < -0.4 is 10.1 Å². The zero-order valence-corrected chi connectivity index (χ0v) is 12.1. The van der Waals surface area contributed by atoms with Crippen molar-refractivity contribution in [2.24, 2.45) is 0 Å². The number of halogens is 2. The molecule has 0 unspecified atom stereocenters. The number of hydrogen-bond acceptors (Lipinski definition) is 4. The number of nitrogens with one attached hydrogen (secondary N) is 1. The minimum absolute atomic E-state index is 0.458. The Labute approximate surface area is 120 Å². The molecule has 0 aliphatic heterocycles. The average molecular weight is 303 g/mol. The van der Waals surface area contributed by atoms with Gasteiger partial charge in [0.15, 0.2) is 5.13 Å². The Bertz CT molecular complexity index is 510. The summed E-state index contributed by atoms with van der Waals surface area (Å²) in [5.41, 5.74) is 0. The normalized spacial score (nSPS) is 10.4. The topological polar surface area (TPSA) is 34.2 Å². The Morgan fingerprint density at radius 3 is 2.67 bits per heavy atom. The van der Waals surface area contributed by atoms with Gasteiger partial charge >= 0.3 is 0 Å². The highest BCUT2D eigenvalue weighted by Gasteiger charge is 2.03. The van der Waals surface area contributed by atoms with E-state index in [0.717, 1.165) is 16.6 Å². The lowest BCUT2D eigenvalue weighted by Crippen LogP contribution is -1.94. The molecule has 3 nitrogen and oxygen atoms in total. The summed E-state index contributed by atoms with van der Waals surface area (Å²) in [6.07, 6.45) is 1.80. The number of anilines is 1. The van der Waals surface area contributed by atoms with Crippen LogP contribution in [0.25, 0.3) is 0 Å². The molecule has 0 saturated heterocycles. The van der Waals surface area contributed by atoms with Crippen molar-refractivity contribution in [2.75, 3.05) is 11.9 Å². The Balaban J connectivity index is 1.97. The third-order valence-electron chi connectivity index (χ3n) is 2.10. The molecular weight excluding hydrogens is 291 g/mol. The standard InChI is InChI=1S/C12H12Cl2N2OS/c1-2-15-12-16-6-11(18-12)7-17-10-4-8(13)3-9(14)5-10/h3-6H,2,7H2,1H3,(H,15,16). The number of nitrogens with zero attached hydrogens (tertiary/aromatic N) is 1. The number of ether oxygens (including phenoxy) is 1. The zero-order chi connectivity index (χ0) is 13.0. The Kier molecular flexibility index (Phi) is 4.69.